The van der Waals surface area contributed by atoms with E-state index in [-0.39, 0.29) is 11.1 Å². The quantitative estimate of drug-likeness (QED) is 0.598. The lowest BCUT2D eigenvalue weighted by molar-refractivity contribution is -0.960. The van der Waals surface area contributed by atoms with Gasteiger partial charge in [0.2, 0.25) is 0 Å². The minimum absolute atomic E-state index is 0.230. The molecule has 2 aliphatic heterocycles. The van der Waals surface area contributed by atoms with Gasteiger partial charge in [-0.15, -0.1) is 0 Å². The van der Waals surface area contributed by atoms with Gasteiger partial charge >= 0.3 is 0 Å². The van der Waals surface area contributed by atoms with Gasteiger partial charge < -0.3 is 8.97 Å². The molecule has 0 N–H and O–H groups in total. The molecule has 2 bridgehead atoms. The van der Waals surface area contributed by atoms with Crippen LogP contribution >= 0.6 is 0 Å². The Morgan fingerprint density at radius 2 is 0.900 bits per heavy atom. The molecule has 2 fully saturated rings. The maximum atomic E-state index is 2.76. The van der Waals surface area contributed by atoms with Gasteiger partial charge in [-0.25, -0.2) is 0 Å². The molecular weight excluding hydrogens is 370 g/mol. The normalized spacial score (nSPS) is 32.9. The second-order valence-electron chi connectivity index (χ2n) is 13.0. The first kappa shape index (κ1) is 26.1. The zero-order valence-corrected chi connectivity index (χ0v) is 22.3. The average molecular weight is 426 g/mol. The molecule has 2 unspecified atom stereocenters. The van der Waals surface area contributed by atoms with Gasteiger partial charge in [0.15, 0.2) is 0 Å². The van der Waals surface area contributed by atoms with Gasteiger partial charge in [0.25, 0.3) is 0 Å². The molecular formula is C25H55N5+2. The van der Waals surface area contributed by atoms with E-state index in [4.69, 9.17) is 0 Å². The van der Waals surface area contributed by atoms with Gasteiger partial charge in [0.1, 0.15) is 13.1 Å². The second-order valence-corrected chi connectivity index (χ2v) is 13.0. The van der Waals surface area contributed by atoms with Crippen molar-refractivity contribution in [2.45, 2.75) is 72.5 Å². The summed E-state index contributed by atoms with van der Waals surface area (Å²) in [6, 6.07) is 0.617. The molecule has 2 atom stereocenters. The van der Waals surface area contributed by atoms with E-state index in [2.05, 4.69) is 84.2 Å². The van der Waals surface area contributed by atoms with E-state index >= 15 is 0 Å². The molecule has 0 saturated carbocycles. The number of rotatable bonds is 1. The van der Waals surface area contributed by atoms with Crippen LogP contribution in [0.4, 0.5) is 0 Å². The number of hydrogen-bond donors (Lipinski definition) is 0. The van der Waals surface area contributed by atoms with Gasteiger partial charge in [0, 0.05) is 56.4 Å². The number of likely N-dealkylation sites (N-methyl/N-ethyl adjacent to an activating group) is 2. The monoisotopic (exact) mass is 425 g/mol. The lowest BCUT2D eigenvalue weighted by atomic mass is 10.1. The van der Waals surface area contributed by atoms with Crippen LogP contribution in [0.15, 0.2) is 0 Å². The molecule has 2 saturated heterocycles. The summed E-state index contributed by atoms with van der Waals surface area (Å²) < 4.78 is 2.42. The Bertz CT molecular complexity index is 535. The fourth-order valence-electron chi connectivity index (χ4n) is 5.05. The van der Waals surface area contributed by atoms with E-state index in [0.29, 0.717) is 6.04 Å². The molecule has 30 heavy (non-hydrogen) atoms. The summed E-state index contributed by atoms with van der Waals surface area (Å²) in [5.41, 5.74) is 0.475. The van der Waals surface area contributed by atoms with Crippen molar-refractivity contribution in [1.82, 2.24) is 14.7 Å². The summed E-state index contributed by atoms with van der Waals surface area (Å²) >= 11 is 0. The van der Waals surface area contributed by atoms with Crippen LogP contribution in [-0.4, -0.2) is 133 Å². The molecule has 5 nitrogen and oxygen atoms in total. The van der Waals surface area contributed by atoms with Gasteiger partial charge in [0.05, 0.1) is 40.3 Å². The van der Waals surface area contributed by atoms with Crippen molar-refractivity contribution in [3.8, 4) is 0 Å². The molecule has 0 aromatic carbocycles. The SMILES string of the molecule is CC(C)N1CCN(C(C)(C)C)CC[N+]2(C)CCN(C(C)(C)C)CC[N+](C)(CC1)CC2. The Morgan fingerprint density at radius 3 is 1.27 bits per heavy atom. The fraction of sp³-hybridized carbons (Fsp3) is 1.00. The van der Waals surface area contributed by atoms with E-state index in [1.54, 1.807) is 0 Å². The Hall–Kier alpha value is -0.200. The van der Waals surface area contributed by atoms with Crippen molar-refractivity contribution in [2.75, 3.05) is 92.6 Å². The maximum absolute atomic E-state index is 2.76. The van der Waals surface area contributed by atoms with Crippen molar-refractivity contribution in [3.05, 3.63) is 0 Å². The summed E-state index contributed by atoms with van der Waals surface area (Å²) in [4.78, 5) is 8.23. The zero-order chi connectivity index (χ0) is 22.8. The molecule has 2 heterocycles. The highest BCUT2D eigenvalue weighted by Gasteiger charge is 2.36. The Morgan fingerprint density at radius 1 is 0.533 bits per heavy atom. The van der Waals surface area contributed by atoms with Gasteiger partial charge in [-0.3, -0.25) is 14.7 Å². The van der Waals surface area contributed by atoms with Crippen molar-refractivity contribution in [2.24, 2.45) is 0 Å². The Kier molecular flexibility index (Phi) is 8.46. The van der Waals surface area contributed by atoms with Crippen molar-refractivity contribution >= 4 is 0 Å². The van der Waals surface area contributed by atoms with Crippen LogP contribution in [0.3, 0.4) is 0 Å². The van der Waals surface area contributed by atoms with Crippen LogP contribution in [0.1, 0.15) is 55.4 Å². The predicted octanol–water partition coefficient (Wildman–Crippen LogP) is 2.82. The van der Waals surface area contributed by atoms with Crippen molar-refractivity contribution < 1.29 is 8.97 Å². The maximum Gasteiger partial charge on any atom is 0.128 e. The van der Waals surface area contributed by atoms with E-state index in [0.717, 1.165) is 0 Å². The van der Waals surface area contributed by atoms with Crippen LogP contribution in [0, 0.1) is 0 Å². The highest BCUT2D eigenvalue weighted by Crippen LogP contribution is 2.21. The van der Waals surface area contributed by atoms with E-state index < -0.39 is 0 Å². The number of fused-ring (bicyclic) bond motifs is 3. The van der Waals surface area contributed by atoms with E-state index in [1.165, 1.54) is 87.5 Å². The fourth-order valence-corrected chi connectivity index (χ4v) is 5.05. The summed E-state index contributed by atoms with van der Waals surface area (Å²) in [6.45, 7) is 34.0. The Labute approximate surface area is 189 Å². The Balaban J connectivity index is 2.34. The van der Waals surface area contributed by atoms with Gasteiger partial charge in [-0.05, 0) is 55.4 Å². The smallest absolute Gasteiger partial charge is 0.128 e. The van der Waals surface area contributed by atoms with Gasteiger partial charge in [-0.2, -0.15) is 0 Å². The van der Waals surface area contributed by atoms with Crippen LogP contribution in [0.2, 0.25) is 0 Å². The van der Waals surface area contributed by atoms with Gasteiger partial charge in [-0.1, -0.05) is 0 Å². The molecule has 0 spiro atoms. The molecule has 0 aromatic heterocycles. The molecule has 0 radical (unpaired) electrons. The van der Waals surface area contributed by atoms with Crippen LogP contribution in [-0.2, 0) is 0 Å². The highest BCUT2D eigenvalue weighted by atomic mass is 15.4. The third-order valence-electron chi connectivity index (χ3n) is 8.12. The first-order valence-corrected chi connectivity index (χ1v) is 12.5. The van der Waals surface area contributed by atoms with Crippen LogP contribution in [0.5, 0.6) is 0 Å². The zero-order valence-electron chi connectivity index (χ0n) is 22.3. The summed E-state index contributed by atoms with van der Waals surface area (Å²) in [6.07, 6.45) is 0. The largest absolute Gasteiger partial charge is 0.319 e. The summed E-state index contributed by atoms with van der Waals surface area (Å²) in [5, 5.41) is 0. The number of hydrogen-bond acceptors (Lipinski definition) is 3. The van der Waals surface area contributed by atoms with Crippen LogP contribution in [0.25, 0.3) is 0 Å². The first-order chi connectivity index (χ1) is 13.6. The lowest BCUT2D eigenvalue weighted by Crippen LogP contribution is -2.60. The first-order valence-electron chi connectivity index (χ1n) is 12.5. The lowest BCUT2D eigenvalue weighted by Gasteiger charge is -2.44. The second kappa shape index (κ2) is 9.74. The molecule has 2 rings (SSSR count). The van der Waals surface area contributed by atoms with Crippen molar-refractivity contribution in [1.29, 1.82) is 0 Å². The average Bonchev–Trinajstić information content (AvgIpc) is 2.64. The third-order valence-corrected chi connectivity index (χ3v) is 8.12. The minimum atomic E-state index is 0.230. The molecule has 0 aromatic rings. The van der Waals surface area contributed by atoms with E-state index in [9.17, 15) is 0 Å². The number of nitrogens with zero attached hydrogens (tertiary/aromatic N) is 5. The number of quaternary nitrogens is 2. The molecule has 0 aliphatic carbocycles. The topological polar surface area (TPSA) is 9.72 Å². The predicted molar refractivity (Wildman–Crippen MR) is 131 cm³/mol. The molecule has 5 heteroatoms. The molecule has 178 valence electrons. The van der Waals surface area contributed by atoms with E-state index in [1.807, 2.05) is 0 Å². The third kappa shape index (κ3) is 7.44. The highest BCUT2D eigenvalue weighted by molar-refractivity contribution is 4.80. The van der Waals surface area contributed by atoms with Crippen LogP contribution < -0.4 is 0 Å². The molecule has 2 aliphatic rings. The standard InChI is InChI=1S/C25H55N5/c1-23(2)26-11-12-27(24(3,4)5)14-18-30(10)20-16-28(25(6,7)8)15-19-29(9,17-13-26)21-22-30/h23H,11-22H2,1-10H3/q+2. The summed E-state index contributed by atoms with van der Waals surface area (Å²) in [5.74, 6) is 0. The molecule has 0 amide bonds. The van der Waals surface area contributed by atoms with Crippen molar-refractivity contribution in [3.63, 3.8) is 0 Å². The minimum Gasteiger partial charge on any atom is -0.319 e. The summed E-state index contributed by atoms with van der Waals surface area (Å²) in [7, 11) is 5.06.